The smallest absolute Gasteiger partial charge is 0.326 e. The van der Waals surface area contributed by atoms with E-state index in [1.54, 1.807) is 92.7 Å². The molecule has 0 saturated heterocycles. The number of benzene rings is 3. The molecular weight excluding hydrogens is 547 g/mol. The number of halogens is 3. The first-order valence-corrected chi connectivity index (χ1v) is 13.3. The summed E-state index contributed by atoms with van der Waals surface area (Å²) in [5, 5.41) is 2.24. The van der Waals surface area contributed by atoms with Gasteiger partial charge in [-0.15, -0.1) is 0 Å². The number of nitrogens with zero attached hydrogens (tertiary/aromatic N) is 2. The molecule has 0 fully saturated rings. The fourth-order valence-electron chi connectivity index (χ4n) is 5.20. The second-order valence-electron chi connectivity index (χ2n) is 10.4. The lowest BCUT2D eigenvalue weighted by molar-refractivity contribution is -0.187. The SMILES string of the molecule is CC(=O)NC(Cc1ccccc1)(C(=O)C(F)(F)F)N1C(=O)[C@@H](C(C)C)N(C(=O)c2ccccc2)C=C1c1ccccc1. The number of alkyl halides is 3. The highest BCUT2D eigenvalue weighted by molar-refractivity contribution is 6.07. The molecule has 7 nitrogen and oxygen atoms in total. The maximum absolute atomic E-state index is 14.6. The van der Waals surface area contributed by atoms with Gasteiger partial charge in [-0.25, -0.2) is 0 Å². The average molecular weight is 578 g/mol. The van der Waals surface area contributed by atoms with Gasteiger partial charge in [-0.1, -0.05) is 92.7 Å². The van der Waals surface area contributed by atoms with E-state index in [2.05, 4.69) is 5.32 Å². The van der Waals surface area contributed by atoms with Crippen LogP contribution in [0.4, 0.5) is 13.2 Å². The maximum atomic E-state index is 14.6. The van der Waals surface area contributed by atoms with Crippen molar-refractivity contribution in [1.29, 1.82) is 0 Å². The summed E-state index contributed by atoms with van der Waals surface area (Å²) in [4.78, 5) is 56.4. The Labute approximate surface area is 241 Å². The Morgan fingerprint density at radius 3 is 1.88 bits per heavy atom. The van der Waals surface area contributed by atoms with Crippen LogP contribution in [0.15, 0.2) is 97.2 Å². The summed E-state index contributed by atoms with van der Waals surface area (Å²) < 4.78 is 43.4. The third kappa shape index (κ3) is 5.97. The van der Waals surface area contributed by atoms with E-state index in [1.807, 2.05) is 0 Å². The fraction of sp³-hybridized carbons (Fsp3) is 0.250. The van der Waals surface area contributed by atoms with Crippen molar-refractivity contribution < 1.29 is 32.3 Å². The first-order chi connectivity index (χ1) is 19.9. The van der Waals surface area contributed by atoms with Gasteiger partial charge >= 0.3 is 6.18 Å². The molecule has 218 valence electrons. The Balaban J connectivity index is 2.06. The minimum atomic E-state index is -5.44. The standard InChI is InChI=1S/C32H30F3N3O4/c1-21(2)27-29(41)38(31(36-22(3)39,30(42)32(33,34)35)19-23-13-7-4-8-14-23)26(24-15-9-5-10-16-24)20-37(27)28(40)25-17-11-6-12-18-25/h4-18,20-21,27H,19H2,1-3H3,(H,36,39)/t27-,31?/m1/s1. The number of carbonyl (C=O) groups excluding carboxylic acids is 4. The molecule has 3 amide bonds. The molecule has 42 heavy (non-hydrogen) atoms. The van der Waals surface area contributed by atoms with E-state index < -0.39 is 53.7 Å². The predicted octanol–water partition coefficient (Wildman–Crippen LogP) is 5.20. The molecule has 3 aromatic carbocycles. The van der Waals surface area contributed by atoms with E-state index in [0.717, 1.165) is 11.8 Å². The van der Waals surface area contributed by atoms with Crippen LogP contribution in [0.25, 0.3) is 5.70 Å². The van der Waals surface area contributed by atoms with Crippen LogP contribution in [0.3, 0.4) is 0 Å². The Kier molecular flexibility index (Phi) is 8.65. The predicted molar refractivity (Wildman–Crippen MR) is 150 cm³/mol. The van der Waals surface area contributed by atoms with E-state index in [4.69, 9.17) is 0 Å². The number of Topliss-reactive ketones (excluding diaryl/α,β-unsaturated/α-hetero) is 1. The normalized spacial score (nSPS) is 17.0. The summed E-state index contributed by atoms with van der Waals surface area (Å²) in [5.41, 5.74) is -2.26. The quantitative estimate of drug-likeness (QED) is 0.399. The second kappa shape index (κ2) is 12.0. The van der Waals surface area contributed by atoms with Gasteiger partial charge in [0.05, 0.1) is 5.70 Å². The molecule has 1 aliphatic rings. The molecule has 0 saturated carbocycles. The van der Waals surface area contributed by atoms with Gasteiger partial charge in [0.15, 0.2) is 5.66 Å². The highest BCUT2D eigenvalue weighted by Crippen LogP contribution is 2.40. The molecular formula is C32H30F3N3O4. The zero-order valence-electron chi connectivity index (χ0n) is 23.3. The van der Waals surface area contributed by atoms with E-state index in [1.165, 1.54) is 23.2 Å². The average Bonchev–Trinajstić information content (AvgIpc) is 2.96. The van der Waals surface area contributed by atoms with Gasteiger partial charge in [-0.05, 0) is 29.2 Å². The largest absolute Gasteiger partial charge is 0.454 e. The Bertz CT molecular complexity index is 1490. The zero-order chi connectivity index (χ0) is 30.7. The molecule has 0 spiro atoms. The van der Waals surface area contributed by atoms with E-state index in [0.29, 0.717) is 0 Å². The Morgan fingerprint density at radius 1 is 0.857 bits per heavy atom. The number of rotatable bonds is 8. The minimum absolute atomic E-state index is 0.149. The molecule has 0 aromatic heterocycles. The van der Waals surface area contributed by atoms with Gasteiger partial charge in [0.1, 0.15) is 6.04 Å². The summed E-state index contributed by atoms with van der Waals surface area (Å²) in [5.74, 6) is -5.36. The van der Waals surface area contributed by atoms with Crippen LogP contribution in [0.5, 0.6) is 0 Å². The van der Waals surface area contributed by atoms with Crippen LogP contribution in [0.2, 0.25) is 0 Å². The Hall–Kier alpha value is -4.73. The van der Waals surface area contributed by atoms with Crippen LogP contribution in [-0.4, -0.2) is 51.2 Å². The number of hydrogen-bond donors (Lipinski definition) is 1. The number of nitrogens with one attached hydrogen (secondary N) is 1. The lowest BCUT2D eigenvalue weighted by atomic mass is 9.87. The first kappa shape index (κ1) is 30.2. The van der Waals surface area contributed by atoms with Crippen molar-refractivity contribution in [2.75, 3.05) is 0 Å². The van der Waals surface area contributed by atoms with Gasteiger partial charge in [0, 0.05) is 25.1 Å². The molecule has 3 aromatic rings. The topological polar surface area (TPSA) is 86.8 Å². The molecule has 1 aliphatic heterocycles. The van der Waals surface area contributed by atoms with Gasteiger partial charge in [-0.3, -0.25) is 24.1 Å². The summed E-state index contributed by atoms with van der Waals surface area (Å²) in [6.45, 7) is 4.28. The molecule has 0 radical (unpaired) electrons. The lowest BCUT2D eigenvalue weighted by Crippen LogP contribution is -2.73. The third-order valence-electron chi connectivity index (χ3n) is 6.93. The van der Waals surface area contributed by atoms with Crippen LogP contribution in [0, 0.1) is 5.92 Å². The lowest BCUT2D eigenvalue weighted by Gasteiger charge is -2.49. The van der Waals surface area contributed by atoms with Crippen molar-refractivity contribution in [3.05, 3.63) is 114 Å². The number of hydrogen-bond acceptors (Lipinski definition) is 4. The summed E-state index contributed by atoms with van der Waals surface area (Å²) in [6, 6.07) is 22.7. The molecule has 10 heteroatoms. The van der Waals surface area contributed by atoms with Crippen molar-refractivity contribution in [2.24, 2.45) is 5.92 Å². The zero-order valence-corrected chi connectivity index (χ0v) is 23.3. The highest BCUT2D eigenvalue weighted by Gasteiger charge is 2.61. The minimum Gasteiger partial charge on any atom is -0.326 e. The monoisotopic (exact) mass is 577 g/mol. The highest BCUT2D eigenvalue weighted by atomic mass is 19.4. The van der Waals surface area contributed by atoms with Gasteiger partial charge in [0.2, 0.25) is 5.91 Å². The molecule has 1 heterocycles. The number of amides is 3. The van der Waals surface area contributed by atoms with Crippen LogP contribution < -0.4 is 5.32 Å². The maximum Gasteiger partial charge on any atom is 0.454 e. The van der Waals surface area contributed by atoms with Crippen molar-refractivity contribution in [1.82, 2.24) is 15.1 Å². The van der Waals surface area contributed by atoms with Gasteiger partial charge < -0.3 is 10.2 Å². The van der Waals surface area contributed by atoms with Gasteiger partial charge in [0.25, 0.3) is 17.6 Å². The third-order valence-corrected chi connectivity index (χ3v) is 6.93. The molecule has 1 unspecified atom stereocenters. The molecule has 1 N–H and O–H groups in total. The number of ketones is 1. The summed E-state index contributed by atoms with van der Waals surface area (Å²) in [6.07, 6.45) is -4.83. The summed E-state index contributed by atoms with van der Waals surface area (Å²) >= 11 is 0. The number of carbonyl (C=O) groups is 4. The Morgan fingerprint density at radius 2 is 1.38 bits per heavy atom. The fourth-order valence-corrected chi connectivity index (χ4v) is 5.20. The molecule has 4 rings (SSSR count). The van der Waals surface area contributed by atoms with Crippen molar-refractivity contribution in [2.45, 2.75) is 45.1 Å². The van der Waals surface area contributed by atoms with Crippen molar-refractivity contribution in [3.8, 4) is 0 Å². The van der Waals surface area contributed by atoms with Crippen LogP contribution in [-0.2, 0) is 20.8 Å². The molecule has 2 atom stereocenters. The van der Waals surface area contributed by atoms with E-state index in [9.17, 15) is 32.3 Å². The second-order valence-corrected chi connectivity index (χ2v) is 10.4. The van der Waals surface area contributed by atoms with Crippen LogP contribution in [0.1, 0.15) is 42.3 Å². The van der Waals surface area contributed by atoms with Gasteiger partial charge in [-0.2, -0.15) is 13.2 Å². The van der Waals surface area contributed by atoms with Crippen molar-refractivity contribution >= 4 is 29.2 Å². The summed E-state index contributed by atoms with van der Waals surface area (Å²) in [7, 11) is 0. The van der Waals surface area contributed by atoms with E-state index >= 15 is 0 Å². The molecule has 0 aliphatic carbocycles. The van der Waals surface area contributed by atoms with Crippen molar-refractivity contribution in [3.63, 3.8) is 0 Å². The van der Waals surface area contributed by atoms with E-state index in [-0.39, 0.29) is 22.4 Å². The molecule has 0 bridgehead atoms. The first-order valence-electron chi connectivity index (χ1n) is 13.3. The van der Waals surface area contributed by atoms with Crippen LogP contribution >= 0.6 is 0 Å².